The quantitative estimate of drug-likeness (QED) is 0.825. The van der Waals surface area contributed by atoms with Crippen LogP contribution in [0.5, 0.6) is 0 Å². The number of carbonyl (C=O) groups is 1. The maximum atomic E-state index is 12.5. The maximum Gasteiger partial charge on any atom is 0.259 e. The molecule has 0 aliphatic carbocycles. The van der Waals surface area contributed by atoms with Crippen LogP contribution in [0.1, 0.15) is 43.0 Å². The molecule has 1 aliphatic heterocycles. The molecule has 2 rings (SSSR count). The van der Waals surface area contributed by atoms with Gasteiger partial charge in [-0.15, -0.1) is 0 Å². The summed E-state index contributed by atoms with van der Waals surface area (Å²) in [5, 5.41) is 3.40. The number of nitrogens with zero attached hydrogens (tertiary/aromatic N) is 1. The van der Waals surface area contributed by atoms with Gasteiger partial charge in [-0.3, -0.25) is 9.59 Å². The Balaban J connectivity index is 2.10. The third-order valence-electron chi connectivity index (χ3n) is 3.73. The zero-order valence-electron chi connectivity index (χ0n) is 12.0. The molecule has 20 heavy (non-hydrogen) atoms. The zero-order valence-corrected chi connectivity index (χ0v) is 12.0. The number of hydrogen-bond acceptors (Lipinski definition) is 3. The molecule has 1 atom stereocenters. The highest BCUT2D eigenvalue weighted by Gasteiger charge is 2.23. The van der Waals surface area contributed by atoms with Crippen LogP contribution in [-0.2, 0) is 0 Å². The lowest BCUT2D eigenvalue weighted by Gasteiger charge is -2.25. The van der Waals surface area contributed by atoms with E-state index in [4.69, 9.17) is 0 Å². The van der Waals surface area contributed by atoms with E-state index in [9.17, 15) is 9.59 Å². The van der Waals surface area contributed by atoms with Crippen LogP contribution in [0.3, 0.4) is 0 Å². The Bertz CT molecular complexity index is 492. The van der Waals surface area contributed by atoms with Gasteiger partial charge in [-0.05, 0) is 25.8 Å². The van der Waals surface area contributed by atoms with Gasteiger partial charge in [-0.1, -0.05) is 13.3 Å². The minimum atomic E-state index is -0.213. The highest BCUT2D eigenvalue weighted by Crippen LogP contribution is 2.10. The molecule has 1 aromatic rings. The Labute approximate surface area is 119 Å². The summed E-state index contributed by atoms with van der Waals surface area (Å²) in [6.07, 6.45) is 7.31. The second-order valence-electron chi connectivity index (χ2n) is 5.32. The Hall–Kier alpha value is -1.62. The standard InChI is InChI=1S/C15H23N3O2/c1-2-3-9-18(11-12-5-4-7-17-12)15(20)13-10-16-8-6-14(13)19/h6,8,10,12,17H,2-5,7,9,11H2,1H3,(H,16,19). The summed E-state index contributed by atoms with van der Waals surface area (Å²) in [6, 6.07) is 1.76. The number of amides is 1. The molecule has 0 aromatic carbocycles. The van der Waals surface area contributed by atoms with Crippen molar-refractivity contribution in [1.29, 1.82) is 0 Å². The summed E-state index contributed by atoms with van der Waals surface area (Å²) in [5.74, 6) is -0.158. The van der Waals surface area contributed by atoms with Gasteiger partial charge in [-0.2, -0.15) is 0 Å². The highest BCUT2D eigenvalue weighted by atomic mass is 16.2. The molecular weight excluding hydrogens is 254 g/mol. The summed E-state index contributed by atoms with van der Waals surface area (Å²) < 4.78 is 0. The molecule has 1 saturated heterocycles. The van der Waals surface area contributed by atoms with Gasteiger partial charge < -0.3 is 15.2 Å². The van der Waals surface area contributed by atoms with Crippen molar-refractivity contribution in [2.24, 2.45) is 0 Å². The fraction of sp³-hybridized carbons (Fsp3) is 0.600. The molecule has 110 valence electrons. The normalized spacial score (nSPS) is 18.1. The molecule has 2 heterocycles. The molecular formula is C15H23N3O2. The van der Waals surface area contributed by atoms with Crippen molar-refractivity contribution in [3.05, 3.63) is 34.2 Å². The third-order valence-corrected chi connectivity index (χ3v) is 3.73. The number of hydrogen-bond donors (Lipinski definition) is 2. The second-order valence-corrected chi connectivity index (χ2v) is 5.32. The Morgan fingerprint density at radius 1 is 1.50 bits per heavy atom. The van der Waals surface area contributed by atoms with Gasteiger partial charge in [-0.25, -0.2) is 0 Å². The van der Waals surface area contributed by atoms with Crippen LogP contribution in [0.2, 0.25) is 0 Å². The Morgan fingerprint density at radius 3 is 3.00 bits per heavy atom. The fourth-order valence-electron chi connectivity index (χ4n) is 2.56. The van der Waals surface area contributed by atoms with E-state index in [0.717, 1.165) is 32.2 Å². The van der Waals surface area contributed by atoms with Gasteiger partial charge in [0.25, 0.3) is 5.91 Å². The molecule has 2 N–H and O–H groups in total. The van der Waals surface area contributed by atoms with E-state index >= 15 is 0 Å². The highest BCUT2D eigenvalue weighted by molar-refractivity contribution is 5.93. The van der Waals surface area contributed by atoms with Gasteiger partial charge in [0.05, 0.1) is 0 Å². The predicted octanol–water partition coefficient (Wildman–Crippen LogP) is 1.37. The van der Waals surface area contributed by atoms with Crippen LogP contribution in [0.25, 0.3) is 0 Å². The summed E-state index contributed by atoms with van der Waals surface area (Å²) in [4.78, 5) is 29.0. The molecule has 1 aromatic heterocycles. The first-order valence-corrected chi connectivity index (χ1v) is 7.42. The third kappa shape index (κ3) is 3.70. The minimum Gasteiger partial charge on any atom is -0.367 e. The van der Waals surface area contributed by atoms with E-state index < -0.39 is 0 Å². The topological polar surface area (TPSA) is 65.2 Å². The fourth-order valence-corrected chi connectivity index (χ4v) is 2.56. The van der Waals surface area contributed by atoms with Crippen molar-refractivity contribution in [3.8, 4) is 0 Å². The van der Waals surface area contributed by atoms with Gasteiger partial charge in [0.2, 0.25) is 0 Å². The Morgan fingerprint density at radius 2 is 2.35 bits per heavy atom. The van der Waals surface area contributed by atoms with Crippen molar-refractivity contribution in [2.45, 2.75) is 38.6 Å². The average Bonchev–Trinajstić information content (AvgIpc) is 2.96. The number of H-pyrrole nitrogens is 1. The van der Waals surface area contributed by atoms with E-state index in [2.05, 4.69) is 17.2 Å². The molecule has 1 unspecified atom stereocenters. The number of aromatic amines is 1. The Kier molecular flexibility index (Phi) is 5.35. The van der Waals surface area contributed by atoms with Gasteiger partial charge >= 0.3 is 0 Å². The molecule has 1 fully saturated rings. The zero-order chi connectivity index (χ0) is 14.4. The summed E-state index contributed by atoms with van der Waals surface area (Å²) in [5.41, 5.74) is 0.0243. The van der Waals surface area contributed by atoms with Gasteiger partial charge in [0, 0.05) is 37.6 Å². The first-order valence-electron chi connectivity index (χ1n) is 7.42. The van der Waals surface area contributed by atoms with Crippen molar-refractivity contribution < 1.29 is 4.79 Å². The molecule has 0 saturated carbocycles. The number of rotatable bonds is 6. The van der Waals surface area contributed by atoms with E-state index in [1.54, 1.807) is 6.20 Å². The lowest BCUT2D eigenvalue weighted by molar-refractivity contribution is 0.0738. The monoisotopic (exact) mass is 277 g/mol. The number of unbranched alkanes of at least 4 members (excludes halogenated alkanes) is 1. The van der Waals surface area contributed by atoms with E-state index in [1.165, 1.54) is 12.3 Å². The average molecular weight is 277 g/mol. The van der Waals surface area contributed by atoms with E-state index in [1.807, 2.05) is 4.90 Å². The summed E-state index contributed by atoms with van der Waals surface area (Å²) in [7, 11) is 0. The van der Waals surface area contributed by atoms with E-state index in [0.29, 0.717) is 19.1 Å². The number of carbonyl (C=O) groups excluding carboxylic acids is 1. The molecule has 0 spiro atoms. The van der Waals surface area contributed by atoms with Crippen LogP contribution in [0.15, 0.2) is 23.3 Å². The predicted molar refractivity (Wildman–Crippen MR) is 78.9 cm³/mol. The van der Waals surface area contributed by atoms with Gasteiger partial charge in [0.1, 0.15) is 5.56 Å². The molecule has 0 radical (unpaired) electrons. The number of nitrogens with one attached hydrogen (secondary N) is 2. The first kappa shape index (κ1) is 14.8. The smallest absolute Gasteiger partial charge is 0.259 e. The maximum absolute atomic E-state index is 12.5. The van der Waals surface area contributed by atoms with Crippen molar-refractivity contribution >= 4 is 5.91 Å². The largest absolute Gasteiger partial charge is 0.367 e. The lowest BCUT2D eigenvalue weighted by atomic mass is 10.1. The molecule has 5 nitrogen and oxygen atoms in total. The molecule has 0 bridgehead atoms. The van der Waals surface area contributed by atoms with Crippen LogP contribution in [-0.4, -0.2) is 41.5 Å². The van der Waals surface area contributed by atoms with Gasteiger partial charge in [0.15, 0.2) is 5.43 Å². The van der Waals surface area contributed by atoms with Crippen LogP contribution in [0, 0.1) is 0 Å². The molecule has 1 amide bonds. The first-order chi connectivity index (χ1) is 9.72. The van der Waals surface area contributed by atoms with Crippen molar-refractivity contribution in [3.63, 3.8) is 0 Å². The van der Waals surface area contributed by atoms with Crippen molar-refractivity contribution in [2.75, 3.05) is 19.6 Å². The second kappa shape index (κ2) is 7.24. The number of aromatic nitrogens is 1. The summed E-state index contributed by atoms with van der Waals surface area (Å²) >= 11 is 0. The van der Waals surface area contributed by atoms with Crippen LogP contribution in [0.4, 0.5) is 0 Å². The minimum absolute atomic E-state index is 0.158. The molecule has 5 heteroatoms. The van der Waals surface area contributed by atoms with Crippen molar-refractivity contribution in [1.82, 2.24) is 15.2 Å². The van der Waals surface area contributed by atoms with Crippen LogP contribution < -0.4 is 10.7 Å². The van der Waals surface area contributed by atoms with E-state index in [-0.39, 0.29) is 16.9 Å². The lowest BCUT2D eigenvalue weighted by Crippen LogP contribution is -2.43. The number of pyridine rings is 1. The summed E-state index contributed by atoms with van der Waals surface area (Å²) in [6.45, 7) is 4.52. The van der Waals surface area contributed by atoms with Crippen LogP contribution >= 0.6 is 0 Å². The SMILES string of the molecule is CCCCN(CC1CCCN1)C(=O)c1c[nH]ccc1=O. The molecule has 1 aliphatic rings.